The number of anilines is 3. The van der Waals surface area contributed by atoms with Crippen LogP contribution >= 0.6 is 0 Å². The molecule has 0 atom stereocenters. The Bertz CT molecular complexity index is 1400. The second-order valence-corrected chi connectivity index (χ2v) is 10.5. The minimum absolute atomic E-state index is 0.179. The third kappa shape index (κ3) is 6.28. The van der Waals surface area contributed by atoms with Crippen molar-refractivity contribution in [3.63, 3.8) is 0 Å². The molecule has 1 aromatic carbocycles. The Morgan fingerprint density at radius 2 is 1.78 bits per heavy atom. The first-order valence-electron chi connectivity index (χ1n) is 14.1. The van der Waals surface area contributed by atoms with Crippen molar-refractivity contribution in [3.8, 4) is 0 Å². The summed E-state index contributed by atoms with van der Waals surface area (Å²) in [4.78, 5) is 60.9. The summed E-state index contributed by atoms with van der Waals surface area (Å²) in [6.07, 6.45) is 8.58. The van der Waals surface area contributed by atoms with Gasteiger partial charge in [-0.15, -0.1) is 0 Å². The van der Waals surface area contributed by atoms with E-state index in [9.17, 15) is 14.4 Å². The average Bonchev–Trinajstić information content (AvgIpc) is 3.59. The monoisotopic (exact) mass is 559 g/mol. The zero-order valence-electron chi connectivity index (χ0n) is 22.8. The van der Waals surface area contributed by atoms with Gasteiger partial charge in [-0.1, -0.05) is 0 Å². The molecular weight excluding hydrogens is 526 g/mol. The standard InChI is InChI=1S/C28H33N9O4/c38-24-3-1-9-36(24)10-2-8-30-25(39)20-6-7-23(35-11-13-37(14-12-35)28-31-17-29-18-32-28)21(15-20)33-26(40)22-16-41-27(34-22)19-4-5-19/h6-7,15-19H,1-5,8-14H2,(H,30,39)(H,33,40). The van der Waals surface area contributed by atoms with E-state index in [-0.39, 0.29) is 17.5 Å². The second kappa shape index (κ2) is 11.9. The first kappa shape index (κ1) is 26.7. The fourth-order valence-corrected chi connectivity index (χ4v) is 5.21. The summed E-state index contributed by atoms with van der Waals surface area (Å²) in [5.41, 5.74) is 1.98. The van der Waals surface area contributed by atoms with E-state index in [1.54, 1.807) is 12.1 Å². The average molecular weight is 560 g/mol. The van der Waals surface area contributed by atoms with Gasteiger partial charge in [0, 0.05) is 63.7 Å². The van der Waals surface area contributed by atoms with Crippen LogP contribution in [0.2, 0.25) is 0 Å². The molecule has 41 heavy (non-hydrogen) atoms. The first-order chi connectivity index (χ1) is 20.0. The van der Waals surface area contributed by atoms with E-state index in [4.69, 9.17) is 4.42 Å². The molecule has 3 aromatic rings. The number of hydrogen-bond acceptors (Lipinski definition) is 10. The van der Waals surface area contributed by atoms with E-state index in [0.29, 0.717) is 81.1 Å². The Kier molecular flexibility index (Phi) is 7.74. The number of aromatic nitrogens is 4. The number of piperazine rings is 1. The zero-order chi connectivity index (χ0) is 28.2. The lowest BCUT2D eigenvalue weighted by Crippen LogP contribution is -2.47. The molecule has 0 radical (unpaired) electrons. The number of oxazole rings is 1. The minimum Gasteiger partial charge on any atom is -0.448 e. The summed E-state index contributed by atoms with van der Waals surface area (Å²) in [5, 5.41) is 5.91. The number of carbonyl (C=O) groups is 3. The van der Waals surface area contributed by atoms with E-state index in [2.05, 4.69) is 40.4 Å². The van der Waals surface area contributed by atoms with Crippen molar-refractivity contribution in [2.75, 3.05) is 60.9 Å². The predicted octanol–water partition coefficient (Wildman–Crippen LogP) is 2.06. The van der Waals surface area contributed by atoms with Gasteiger partial charge >= 0.3 is 0 Å². The predicted molar refractivity (Wildman–Crippen MR) is 150 cm³/mol. The Hall–Kier alpha value is -4.55. The molecule has 3 amide bonds. The van der Waals surface area contributed by atoms with Gasteiger partial charge in [0.1, 0.15) is 18.9 Å². The lowest BCUT2D eigenvalue weighted by atomic mass is 10.1. The Morgan fingerprint density at radius 3 is 2.51 bits per heavy atom. The van der Waals surface area contributed by atoms with Crippen LogP contribution in [0.5, 0.6) is 0 Å². The van der Waals surface area contributed by atoms with Crippen LogP contribution in [-0.2, 0) is 4.79 Å². The summed E-state index contributed by atoms with van der Waals surface area (Å²) in [6.45, 7) is 4.59. The topological polar surface area (TPSA) is 150 Å². The van der Waals surface area contributed by atoms with Crippen molar-refractivity contribution < 1.29 is 18.8 Å². The third-order valence-corrected chi connectivity index (χ3v) is 7.63. The normalized spacial score (nSPS) is 17.2. The van der Waals surface area contributed by atoms with Crippen LogP contribution in [0.25, 0.3) is 0 Å². The van der Waals surface area contributed by atoms with Gasteiger partial charge in [0.25, 0.3) is 11.8 Å². The van der Waals surface area contributed by atoms with Gasteiger partial charge in [-0.05, 0) is 43.9 Å². The van der Waals surface area contributed by atoms with Gasteiger partial charge in [0.05, 0.1) is 11.4 Å². The molecule has 3 aliphatic rings. The van der Waals surface area contributed by atoms with Crippen LogP contribution in [0.3, 0.4) is 0 Å². The molecule has 2 aliphatic heterocycles. The Balaban J connectivity index is 1.14. The minimum atomic E-state index is -0.390. The second-order valence-electron chi connectivity index (χ2n) is 10.5. The number of likely N-dealkylation sites (tertiary alicyclic amines) is 1. The van der Waals surface area contributed by atoms with Crippen LogP contribution in [0.15, 0.2) is 41.5 Å². The molecule has 4 heterocycles. The Labute approximate surface area is 237 Å². The summed E-state index contributed by atoms with van der Waals surface area (Å²) in [7, 11) is 0. The lowest BCUT2D eigenvalue weighted by molar-refractivity contribution is -0.127. The zero-order valence-corrected chi connectivity index (χ0v) is 22.8. The van der Waals surface area contributed by atoms with Gasteiger partial charge in [-0.3, -0.25) is 14.4 Å². The number of benzene rings is 1. The van der Waals surface area contributed by atoms with E-state index in [0.717, 1.165) is 31.5 Å². The highest BCUT2D eigenvalue weighted by Gasteiger charge is 2.30. The van der Waals surface area contributed by atoms with Crippen LogP contribution < -0.4 is 20.4 Å². The van der Waals surface area contributed by atoms with Crippen LogP contribution in [0, 0.1) is 0 Å². The van der Waals surface area contributed by atoms with Crippen molar-refractivity contribution in [1.82, 2.24) is 30.2 Å². The fourth-order valence-electron chi connectivity index (χ4n) is 5.21. The maximum absolute atomic E-state index is 13.2. The van der Waals surface area contributed by atoms with Crippen molar-refractivity contribution >= 4 is 35.0 Å². The quantitative estimate of drug-likeness (QED) is 0.353. The van der Waals surface area contributed by atoms with Gasteiger partial charge in [0.15, 0.2) is 11.6 Å². The Morgan fingerprint density at radius 1 is 1.00 bits per heavy atom. The molecule has 6 rings (SSSR count). The number of rotatable bonds is 10. The number of amides is 3. The van der Waals surface area contributed by atoms with Crippen LogP contribution in [0.4, 0.5) is 17.3 Å². The molecule has 3 fully saturated rings. The fraction of sp³-hybridized carbons (Fsp3) is 0.464. The molecule has 0 spiro atoms. The SMILES string of the molecule is O=C(NCCCN1CCCC1=O)c1ccc(N2CCN(c3ncncn3)CC2)c(NC(=O)c2coc(C3CC3)n2)c1. The van der Waals surface area contributed by atoms with Crippen LogP contribution in [0.1, 0.15) is 64.8 Å². The molecule has 214 valence electrons. The molecule has 13 heteroatoms. The van der Waals surface area contributed by atoms with Crippen molar-refractivity contribution in [2.24, 2.45) is 0 Å². The molecule has 1 saturated carbocycles. The number of carbonyl (C=O) groups excluding carboxylic acids is 3. The highest BCUT2D eigenvalue weighted by atomic mass is 16.3. The number of nitrogens with one attached hydrogen (secondary N) is 2. The lowest BCUT2D eigenvalue weighted by Gasteiger charge is -2.36. The summed E-state index contributed by atoms with van der Waals surface area (Å²) in [6, 6.07) is 5.33. The summed E-state index contributed by atoms with van der Waals surface area (Å²) in [5.74, 6) is 1.07. The number of hydrogen-bond donors (Lipinski definition) is 2. The molecule has 2 saturated heterocycles. The molecule has 13 nitrogen and oxygen atoms in total. The maximum atomic E-state index is 13.2. The molecule has 0 unspecified atom stereocenters. The highest BCUT2D eigenvalue weighted by molar-refractivity contribution is 6.06. The number of nitrogens with zero attached hydrogens (tertiary/aromatic N) is 7. The van der Waals surface area contributed by atoms with E-state index < -0.39 is 5.91 Å². The maximum Gasteiger partial charge on any atom is 0.277 e. The molecule has 2 N–H and O–H groups in total. The third-order valence-electron chi connectivity index (χ3n) is 7.63. The van der Waals surface area contributed by atoms with Crippen molar-refractivity contribution in [2.45, 2.75) is 38.0 Å². The largest absolute Gasteiger partial charge is 0.448 e. The summed E-state index contributed by atoms with van der Waals surface area (Å²) < 4.78 is 5.52. The van der Waals surface area contributed by atoms with Gasteiger partial charge in [0.2, 0.25) is 11.9 Å². The van der Waals surface area contributed by atoms with Gasteiger partial charge in [-0.2, -0.15) is 0 Å². The van der Waals surface area contributed by atoms with Crippen molar-refractivity contribution in [3.05, 3.63) is 54.3 Å². The van der Waals surface area contributed by atoms with Crippen molar-refractivity contribution in [1.29, 1.82) is 0 Å². The summed E-state index contributed by atoms with van der Waals surface area (Å²) >= 11 is 0. The van der Waals surface area contributed by atoms with E-state index in [1.807, 2.05) is 11.0 Å². The van der Waals surface area contributed by atoms with E-state index in [1.165, 1.54) is 18.9 Å². The van der Waals surface area contributed by atoms with Gasteiger partial charge < -0.3 is 29.8 Å². The van der Waals surface area contributed by atoms with Gasteiger partial charge in [-0.25, -0.2) is 19.9 Å². The first-order valence-corrected chi connectivity index (χ1v) is 14.1. The molecular formula is C28H33N9O4. The smallest absolute Gasteiger partial charge is 0.277 e. The molecule has 2 aromatic heterocycles. The molecule has 1 aliphatic carbocycles. The molecule has 0 bridgehead atoms. The van der Waals surface area contributed by atoms with E-state index >= 15 is 0 Å². The highest BCUT2D eigenvalue weighted by Crippen LogP contribution is 2.39. The van der Waals surface area contributed by atoms with Crippen LogP contribution in [-0.4, -0.2) is 88.4 Å².